The van der Waals surface area contributed by atoms with Crippen molar-refractivity contribution in [2.24, 2.45) is 0 Å². The Kier molecular flexibility index (Phi) is 12.2. The van der Waals surface area contributed by atoms with Crippen LogP contribution in [0.15, 0.2) is 12.2 Å². The zero-order valence-electron chi connectivity index (χ0n) is 22.7. The summed E-state index contributed by atoms with van der Waals surface area (Å²) in [7, 11) is 0. The van der Waals surface area contributed by atoms with Gasteiger partial charge in [-0.05, 0) is 41.5 Å². The van der Waals surface area contributed by atoms with E-state index in [4.69, 9.17) is 9.47 Å². The van der Waals surface area contributed by atoms with Crippen molar-refractivity contribution in [2.45, 2.75) is 72.0 Å². The van der Waals surface area contributed by atoms with E-state index in [0.717, 1.165) is 4.90 Å². The molecule has 1 heterocycles. The van der Waals surface area contributed by atoms with Gasteiger partial charge in [-0.2, -0.15) is 0 Å². The van der Waals surface area contributed by atoms with Crippen molar-refractivity contribution in [3.05, 3.63) is 12.2 Å². The molecular formula is C25H40N4O8. The van der Waals surface area contributed by atoms with Crippen LogP contribution in [0.25, 0.3) is 0 Å². The molecule has 0 aromatic rings. The van der Waals surface area contributed by atoms with Gasteiger partial charge in [0, 0.05) is 38.7 Å². The minimum Gasteiger partial charge on any atom is -0.460 e. The molecule has 1 rings (SSSR count). The van der Waals surface area contributed by atoms with Gasteiger partial charge in [0.2, 0.25) is 23.6 Å². The number of hydrogen-bond donors (Lipinski definition) is 2. The average Bonchev–Trinajstić information content (AvgIpc) is 3.13. The number of amides is 4. The van der Waals surface area contributed by atoms with E-state index in [-0.39, 0.29) is 44.8 Å². The Morgan fingerprint density at radius 2 is 1.30 bits per heavy atom. The minimum absolute atomic E-state index is 0.00576. The summed E-state index contributed by atoms with van der Waals surface area (Å²) in [6.07, 6.45) is 2.92. The van der Waals surface area contributed by atoms with Crippen molar-refractivity contribution < 1.29 is 38.2 Å². The molecule has 0 radical (unpaired) electrons. The topological polar surface area (TPSA) is 151 Å². The lowest BCUT2D eigenvalue weighted by Gasteiger charge is -2.24. The molecule has 0 bridgehead atoms. The highest BCUT2D eigenvalue weighted by Gasteiger charge is 2.23. The summed E-state index contributed by atoms with van der Waals surface area (Å²) in [5, 5.41) is 5.08. The zero-order valence-corrected chi connectivity index (χ0v) is 22.7. The van der Waals surface area contributed by atoms with E-state index < -0.39 is 54.0 Å². The lowest BCUT2D eigenvalue weighted by molar-refractivity contribution is -0.155. The normalized spacial score (nSPS) is 13.2. The monoisotopic (exact) mass is 524 g/mol. The van der Waals surface area contributed by atoms with E-state index in [9.17, 15) is 28.8 Å². The van der Waals surface area contributed by atoms with Crippen LogP contribution in [-0.4, -0.2) is 95.8 Å². The third-order valence-electron chi connectivity index (χ3n) is 4.66. The molecule has 0 fully saturated rings. The molecule has 4 amide bonds. The summed E-state index contributed by atoms with van der Waals surface area (Å²) in [4.78, 5) is 75.6. The molecule has 37 heavy (non-hydrogen) atoms. The van der Waals surface area contributed by atoms with Crippen molar-refractivity contribution in [1.29, 1.82) is 0 Å². The van der Waals surface area contributed by atoms with Gasteiger partial charge in [0.25, 0.3) is 0 Å². The number of carbonyl (C=O) groups is 6. The van der Waals surface area contributed by atoms with Crippen LogP contribution in [0.1, 0.15) is 60.8 Å². The van der Waals surface area contributed by atoms with Gasteiger partial charge in [-0.3, -0.25) is 28.8 Å². The number of nitrogens with one attached hydrogen (secondary N) is 2. The van der Waals surface area contributed by atoms with Crippen LogP contribution in [0.5, 0.6) is 0 Å². The second-order valence-corrected chi connectivity index (χ2v) is 10.6. The second kappa shape index (κ2) is 14.3. The first-order valence-corrected chi connectivity index (χ1v) is 12.3. The molecular weight excluding hydrogens is 484 g/mol. The fraction of sp³-hybridized carbons (Fsp3) is 0.680. The number of esters is 2. The molecule has 0 unspecified atom stereocenters. The Balaban J connectivity index is 2.62. The van der Waals surface area contributed by atoms with Crippen LogP contribution in [-0.2, 0) is 38.2 Å². The van der Waals surface area contributed by atoms with Gasteiger partial charge in [0.05, 0.1) is 12.8 Å². The van der Waals surface area contributed by atoms with Crippen LogP contribution >= 0.6 is 0 Å². The highest BCUT2D eigenvalue weighted by atomic mass is 16.6. The van der Waals surface area contributed by atoms with Crippen molar-refractivity contribution >= 4 is 35.6 Å². The van der Waals surface area contributed by atoms with Crippen molar-refractivity contribution in [1.82, 2.24) is 20.4 Å². The smallest absolute Gasteiger partial charge is 0.308 e. The van der Waals surface area contributed by atoms with Gasteiger partial charge in [-0.25, -0.2) is 0 Å². The molecule has 1 aliphatic rings. The summed E-state index contributed by atoms with van der Waals surface area (Å²) >= 11 is 0. The first-order chi connectivity index (χ1) is 17.1. The predicted octanol–water partition coefficient (Wildman–Crippen LogP) is 0.300. The van der Waals surface area contributed by atoms with Crippen LogP contribution in [0.3, 0.4) is 0 Å². The molecule has 208 valence electrons. The average molecular weight is 525 g/mol. The van der Waals surface area contributed by atoms with Gasteiger partial charge in [0.1, 0.15) is 24.3 Å². The zero-order chi connectivity index (χ0) is 28.2. The molecule has 0 aromatic heterocycles. The number of rotatable bonds is 13. The maximum atomic E-state index is 12.8. The molecule has 0 saturated carbocycles. The Morgan fingerprint density at radius 1 is 0.838 bits per heavy atom. The van der Waals surface area contributed by atoms with Crippen LogP contribution in [0, 0.1) is 0 Å². The Hall–Kier alpha value is -3.44. The lowest BCUT2D eigenvalue weighted by atomic mass is 10.2. The second-order valence-electron chi connectivity index (χ2n) is 10.6. The van der Waals surface area contributed by atoms with E-state index in [1.54, 1.807) is 47.6 Å². The van der Waals surface area contributed by atoms with Gasteiger partial charge >= 0.3 is 11.9 Å². The Labute approximate surface area is 218 Å². The van der Waals surface area contributed by atoms with E-state index in [1.165, 1.54) is 11.0 Å². The molecule has 1 aliphatic heterocycles. The van der Waals surface area contributed by atoms with Crippen LogP contribution < -0.4 is 10.6 Å². The van der Waals surface area contributed by atoms with Crippen LogP contribution in [0.4, 0.5) is 0 Å². The summed E-state index contributed by atoms with van der Waals surface area (Å²) in [5.74, 6) is -2.78. The first kappa shape index (κ1) is 31.6. The Morgan fingerprint density at radius 3 is 1.68 bits per heavy atom. The highest BCUT2D eigenvalue weighted by Crippen LogP contribution is 2.09. The van der Waals surface area contributed by atoms with E-state index >= 15 is 0 Å². The van der Waals surface area contributed by atoms with Gasteiger partial charge in [-0.1, -0.05) is 6.08 Å². The van der Waals surface area contributed by atoms with E-state index in [2.05, 4.69) is 10.6 Å². The first-order valence-electron chi connectivity index (χ1n) is 12.3. The van der Waals surface area contributed by atoms with Crippen molar-refractivity contribution in [3.63, 3.8) is 0 Å². The third-order valence-corrected chi connectivity index (χ3v) is 4.66. The van der Waals surface area contributed by atoms with Gasteiger partial charge in [0.15, 0.2) is 0 Å². The van der Waals surface area contributed by atoms with Crippen molar-refractivity contribution in [2.75, 3.05) is 39.3 Å². The SMILES string of the molecule is CC(C)(C)OC(=O)CCNC(=O)CN(CC(=O)NCCC(=O)OC(C)(C)C)C(=O)CCN1CC=CC1=O. The number of ether oxygens (including phenoxy) is 2. The van der Waals surface area contributed by atoms with Crippen molar-refractivity contribution in [3.8, 4) is 0 Å². The Bertz CT molecular complexity index is 838. The summed E-state index contributed by atoms with van der Waals surface area (Å²) in [6.45, 7) is 10.1. The molecule has 2 N–H and O–H groups in total. The molecule has 0 saturated heterocycles. The maximum absolute atomic E-state index is 12.8. The minimum atomic E-state index is -0.645. The fourth-order valence-corrected chi connectivity index (χ4v) is 3.15. The molecule has 12 nitrogen and oxygen atoms in total. The third kappa shape index (κ3) is 14.6. The molecule has 12 heteroatoms. The summed E-state index contributed by atoms with van der Waals surface area (Å²) in [5.41, 5.74) is -1.29. The number of nitrogens with zero attached hydrogens (tertiary/aromatic N) is 2. The highest BCUT2D eigenvalue weighted by molar-refractivity contribution is 5.91. The molecule has 0 aromatic carbocycles. The summed E-state index contributed by atoms with van der Waals surface area (Å²) in [6, 6.07) is 0. The quantitative estimate of drug-likeness (QED) is 0.327. The molecule has 0 spiro atoms. The summed E-state index contributed by atoms with van der Waals surface area (Å²) < 4.78 is 10.4. The van der Waals surface area contributed by atoms with E-state index in [1.807, 2.05) is 0 Å². The standard InChI is InChI=1S/C25H40N4O8/c1-24(2,3)36-22(34)9-12-26-18(30)16-29(21(33)11-15-28-14-7-8-20(28)32)17-19(31)27-13-10-23(35)37-25(4,5)6/h7-8H,9-17H2,1-6H3,(H,26,30)(H,27,31). The van der Waals surface area contributed by atoms with E-state index in [0.29, 0.717) is 6.54 Å². The predicted molar refractivity (Wildman–Crippen MR) is 134 cm³/mol. The van der Waals surface area contributed by atoms with Gasteiger partial charge < -0.3 is 29.9 Å². The number of carbonyl (C=O) groups excluding carboxylic acids is 6. The molecule has 0 aliphatic carbocycles. The van der Waals surface area contributed by atoms with Crippen LogP contribution in [0.2, 0.25) is 0 Å². The maximum Gasteiger partial charge on any atom is 0.308 e. The lowest BCUT2D eigenvalue weighted by Crippen LogP contribution is -2.47. The number of hydrogen-bond acceptors (Lipinski definition) is 8. The largest absolute Gasteiger partial charge is 0.460 e. The fourth-order valence-electron chi connectivity index (χ4n) is 3.15. The van der Waals surface area contributed by atoms with Gasteiger partial charge in [-0.15, -0.1) is 0 Å². The molecule has 0 atom stereocenters.